The summed E-state index contributed by atoms with van der Waals surface area (Å²) in [4.78, 5) is 13.9. The third-order valence-corrected chi connectivity index (χ3v) is 4.76. The van der Waals surface area contributed by atoms with E-state index in [0.29, 0.717) is 11.1 Å². The van der Waals surface area contributed by atoms with Crippen LogP contribution in [0.5, 0.6) is 0 Å². The number of aromatic amines is 1. The van der Waals surface area contributed by atoms with Crippen LogP contribution in [0.3, 0.4) is 0 Å². The first-order chi connectivity index (χ1) is 11.8. The van der Waals surface area contributed by atoms with Crippen molar-refractivity contribution in [3.8, 4) is 11.1 Å². The van der Waals surface area contributed by atoms with Gasteiger partial charge in [-0.2, -0.15) is 0 Å². The van der Waals surface area contributed by atoms with Gasteiger partial charge in [0, 0.05) is 35.2 Å². The summed E-state index contributed by atoms with van der Waals surface area (Å²) in [6.07, 6.45) is 1.70. The molecule has 0 aliphatic carbocycles. The third-order valence-electron chi connectivity index (χ3n) is 3.75. The van der Waals surface area contributed by atoms with Gasteiger partial charge in [-0.25, -0.2) is 17.9 Å². The average Bonchev–Trinajstić information content (AvgIpc) is 2.94. The Balaban J connectivity index is 2.13. The molecule has 25 heavy (non-hydrogen) atoms. The number of esters is 1. The Morgan fingerprint density at radius 2 is 2.00 bits per heavy atom. The minimum absolute atomic E-state index is 0.108. The second-order valence-corrected chi connectivity index (χ2v) is 7.07. The number of carbonyl (C=O) groups excluding carboxylic acids is 1. The molecule has 0 aliphatic heterocycles. The maximum Gasteiger partial charge on any atom is 0.302 e. The summed E-state index contributed by atoms with van der Waals surface area (Å²) < 4.78 is 41.7. The molecule has 0 saturated heterocycles. The lowest BCUT2D eigenvalue weighted by atomic mass is 10.0. The van der Waals surface area contributed by atoms with Crippen molar-refractivity contribution >= 4 is 26.9 Å². The van der Waals surface area contributed by atoms with Gasteiger partial charge in [0.25, 0.3) is 0 Å². The van der Waals surface area contributed by atoms with Crippen molar-refractivity contribution < 1.29 is 22.3 Å². The van der Waals surface area contributed by atoms with Crippen LogP contribution in [0.25, 0.3) is 22.0 Å². The van der Waals surface area contributed by atoms with Gasteiger partial charge in [0.05, 0.1) is 4.90 Å². The van der Waals surface area contributed by atoms with Crippen LogP contribution in [0.1, 0.15) is 12.5 Å². The Bertz CT molecular complexity index is 1070. The van der Waals surface area contributed by atoms with E-state index in [2.05, 4.69) is 4.98 Å². The van der Waals surface area contributed by atoms with E-state index in [-0.39, 0.29) is 22.9 Å². The Morgan fingerprint density at radius 1 is 1.24 bits per heavy atom. The number of primary sulfonamides is 1. The molecule has 2 aromatic carbocycles. The normalized spacial score (nSPS) is 11.6. The van der Waals surface area contributed by atoms with Crippen molar-refractivity contribution in [1.82, 2.24) is 4.98 Å². The molecule has 3 rings (SSSR count). The monoisotopic (exact) mass is 362 g/mol. The van der Waals surface area contributed by atoms with E-state index < -0.39 is 16.0 Å². The number of nitrogens with two attached hydrogens (primary N) is 1. The first kappa shape index (κ1) is 17.1. The summed E-state index contributed by atoms with van der Waals surface area (Å²) >= 11 is 0. The second-order valence-electron chi connectivity index (χ2n) is 5.54. The number of fused-ring (bicyclic) bond motifs is 1. The fraction of sp³-hybridized carbons (Fsp3) is 0.118. The van der Waals surface area contributed by atoms with Crippen molar-refractivity contribution in [2.75, 3.05) is 0 Å². The molecule has 0 saturated carbocycles. The van der Waals surface area contributed by atoms with Gasteiger partial charge in [-0.3, -0.25) is 4.79 Å². The minimum atomic E-state index is -3.96. The standard InChI is InChI=1S/C17H15FN2O4S/c1-10(21)24-9-12-6-11(2-5-17(12)25(19,22)23)15-8-20-16-7-13(18)3-4-14(15)16/h2-8,20H,9H2,1H3,(H2,19,22,23). The van der Waals surface area contributed by atoms with Crippen LogP contribution < -0.4 is 5.14 Å². The Kier molecular flexibility index (Phi) is 4.32. The number of carbonyl (C=O) groups is 1. The van der Waals surface area contributed by atoms with E-state index in [1.165, 1.54) is 25.1 Å². The van der Waals surface area contributed by atoms with E-state index in [1.54, 1.807) is 24.4 Å². The largest absolute Gasteiger partial charge is 0.461 e. The zero-order valence-electron chi connectivity index (χ0n) is 13.2. The van der Waals surface area contributed by atoms with Gasteiger partial charge in [-0.05, 0) is 35.9 Å². The molecule has 0 atom stereocenters. The van der Waals surface area contributed by atoms with Gasteiger partial charge in [0.2, 0.25) is 10.0 Å². The van der Waals surface area contributed by atoms with Crippen molar-refractivity contribution in [2.45, 2.75) is 18.4 Å². The van der Waals surface area contributed by atoms with Crippen molar-refractivity contribution in [3.05, 3.63) is 54.0 Å². The van der Waals surface area contributed by atoms with Crippen LogP contribution in [0.4, 0.5) is 4.39 Å². The zero-order chi connectivity index (χ0) is 18.2. The molecule has 130 valence electrons. The number of hydrogen-bond acceptors (Lipinski definition) is 4. The molecule has 0 radical (unpaired) electrons. The summed E-state index contributed by atoms with van der Waals surface area (Å²) in [5, 5.41) is 6.00. The topological polar surface area (TPSA) is 102 Å². The number of hydrogen-bond donors (Lipinski definition) is 2. The van der Waals surface area contributed by atoms with Crippen LogP contribution >= 0.6 is 0 Å². The molecule has 6 nitrogen and oxygen atoms in total. The number of benzene rings is 2. The maximum absolute atomic E-state index is 13.3. The quantitative estimate of drug-likeness (QED) is 0.697. The lowest BCUT2D eigenvalue weighted by Crippen LogP contribution is -2.15. The molecule has 8 heteroatoms. The molecule has 3 N–H and O–H groups in total. The molecule has 0 bridgehead atoms. The average molecular weight is 362 g/mol. The summed E-state index contributed by atoms with van der Waals surface area (Å²) in [5.74, 6) is -0.894. The Hall–Kier alpha value is -2.71. The smallest absolute Gasteiger partial charge is 0.302 e. The molecule has 3 aromatic rings. The van der Waals surface area contributed by atoms with Gasteiger partial charge in [-0.1, -0.05) is 6.07 Å². The van der Waals surface area contributed by atoms with E-state index in [0.717, 1.165) is 10.9 Å². The highest BCUT2D eigenvalue weighted by molar-refractivity contribution is 7.89. The highest BCUT2D eigenvalue weighted by Gasteiger charge is 2.17. The second kappa shape index (κ2) is 6.30. The summed E-state index contributed by atoms with van der Waals surface area (Å²) in [7, 11) is -3.96. The van der Waals surface area contributed by atoms with E-state index in [9.17, 15) is 17.6 Å². The number of aromatic nitrogens is 1. The Labute approximate surface area is 143 Å². The van der Waals surface area contributed by atoms with Crippen molar-refractivity contribution in [1.29, 1.82) is 0 Å². The third kappa shape index (κ3) is 3.54. The highest BCUT2D eigenvalue weighted by Crippen LogP contribution is 2.31. The fourth-order valence-corrected chi connectivity index (χ4v) is 3.40. The molecule has 0 fully saturated rings. The van der Waals surface area contributed by atoms with Gasteiger partial charge < -0.3 is 9.72 Å². The highest BCUT2D eigenvalue weighted by atomic mass is 32.2. The molecule has 0 aliphatic rings. The van der Waals surface area contributed by atoms with Crippen LogP contribution in [0.2, 0.25) is 0 Å². The summed E-state index contributed by atoms with van der Waals surface area (Å²) in [5.41, 5.74) is 2.34. The first-order valence-corrected chi connectivity index (χ1v) is 8.86. The number of ether oxygens (including phenoxy) is 1. The minimum Gasteiger partial charge on any atom is -0.461 e. The SMILES string of the molecule is CC(=O)OCc1cc(-c2c[nH]c3cc(F)ccc23)ccc1S(N)(=O)=O. The van der Waals surface area contributed by atoms with Crippen molar-refractivity contribution in [3.63, 3.8) is 0 Å². The van der Waals surface area contributed by atoms with E-state index in [1.807, 2.05) is 0 Å². The number of H-pyrrole nitrogens is 1. The molecular weight excluding hydrogens is 347 g/mol. The lowest BCUT2D eigenvalue weighted by molar-refractivity contribution is -0.142. The number of sulfonamides is 1. The van der Waals surface area contributed by atoms with Crippen LogP contribution in [0, 0.1) is 5.82 Å². The molecular formula is C17H15FN2O4S. The molecule has 0 spiro atoms. The number of halogens is 1. The molecule has 1 heterocycles. The van der Waals surface area contributed by atoms with Crippen LogP contribution in [-0.4, -0.2) is 19.4 Å². The Morgan fingerprint density at radius 3 is 2.68 bits per heavy atom. The van der Waals surface area contributed by atoms with Crippen molar-refractivity contribution in [2.24, 2.45) is 5.14 Å². The van der Waals surface area contributed by atoms with Gasteiger partial charge in [0.1, 0.15) is 12.4 Å². The fourth-order valence-electron chi connectivity index (χ4n) is 2.65. The zero-order valence-corrected chi connectivity index (χ0v) is 14.1. The van der Waals surface area contributed by atoms with E-state index in [4.69, 9.17) is 9.88 Å². The molecule has 1 aromatic heterocycles. The van der Waals surface area contributed by atoms with Gasteiger partial charge in [0.15, 0.2) is 0 Å². The van der Waals surface area contributed by atoms with Crippen LogP contribution in [-0.2, 0) is 26.2 Å². The maximum atomic E-state index is 13.3. The first-order valence-electron chi connectivity index (χ1n) is 7.32. The molecule has 0 amide bonds. The summed E-state index contributed by atoms with van der Waals surface area (Å²) in [6.45, 7) is 1.01. The van der Waals surface area contributed by atoms with E-state index >= 15 is 0 Å². The predicted octanol–water partition coefficient (Wildman–Crippen LogP) is 2.68. The van der Waals surface area contributed by atoms with Gasteiger partial charge >= 0.3 is 5.97 Å². The number of rotatable bonds is 4. The molecule has 0 unspecified atom stereocenters. The summed E-state index contributed by atoms with van der Waals surface area (Å²) in [6, 6.07) is 8.91. The number of nitrogens with one attached hydrogen (secondary N) is 1. The predicted molar refractivity (Wildman–Crippen MR) is 90.5 cm³/mol. The van der Waals surface area contributed by atoms with Gasteiger partial charge in [-0.15, -0.1) is 0 Å². The van der Waals surface area contributed by atoms with Crippen LogP contribution in [0.15, 0.2) is 47.5 Å². The lowest BCUT2D eigenvalue weighted by Gasteiger charge is -2.10.